The molecule has 34 heavy (non-hydrogen) atoms. The van der Waals surface area contributed by atoms with Gasteiger partial charge in [0, 0.05) is 18.1 Å². The summed E-state index contributed by atoms with van der Waals surface area (Å²) in [6.45, 7) is 1.29. The van der Waals surface area contributed by atoms with Crippen molar-refractivity contribution < 1.29 is 27.1 Å². The summed E-state index contributed by atoms with van der Waals surface area (Å²) in [5.74, 6) is 0.463. The number of carbonyl (C=O) groups excluding carboxylic acids is 1. The van der Waals surface area contributed by atoms with Gasteiger partial charge in [0.1, 0.15) is 24.6 Å². The first-order valence-corrected chi connectivity index (χ1v) is 10.6. The zero-order chi connectivity index (χ0) is 24.1. The van der Waals surface area contributed by atoms with E-state index in [1.165, 1.54) is 42.5 Å². The van der Waals surface area contributed by atoms with Gasteiger partial charge in [-0.2, -0.15) is 18.2 Å². The van der Waals surface area contributed by atoms with E-state index in [1.54, 1.807) is 10.8 Å². The number of aromatic nitrogens is 4. The van der Waals surface area contributed by atoms with Crippen LogP contribution in [0.5, 0.6) is 0 Å². The predicted octanol–water partition coefficient (Wildman–Crippen LogP) is 4.47. The van der Waals surface area contributed by atoms with Crippen molar-refractivity contribution in [2.75, 3.05) is 16.8 Å². The number of rotatable bonds is 6. The third kappa shape index (κ3) is 4.03. The number of carbonyl (C=O) groups is 1. The van der Waals surface area contributed by atoms with Crippen LogP contribution in [0, 0.1) is 0 Å². The number of nitrogens with one attached hydrogen (secondary N) is 1. The molecule has 0 radical (unpaired) electrons. The third-order valence-corrected chi connectivity index (χ3v) is 5.99. The summed E-state index contributed by atoms with van der Waals surface area (Å²) < 4.78 is 59.0. The van der Waals surface area contributed by atoms with Gasteiger partial charge in [0.05, 0.1) is 23.1 Å². The number of alkyl halides is 4. The molecule has 0 bridgehead atoms. The lowest BCUT2D eigenvalue weighted by molar-refractivity contribution is -0.137. The number of amides is 1. The number of halogens is 4. The van der Waals surface area contributed by atoms with Crippen molar-refractivity contribution >= 4 is 17.9 Å². The van der Waals surface area contributed by atoms with Crippen molar-refractivity contribution in [1.29, 1.82) is 0 Å². The number of nitrogens with zero attached hydrogens (tertiary/aromatic N) is 5. The minimum Gasteiger partial charge on any atom is -0.447 e. The first-order chi connectivity index (χ1) is 16.2. The summed E-state index contributed by atoms with van der Waals surface area (Å²) in [7, 11) is 0. The second kappa shape index (κ2) is 7.96. The standard InChI is InChI=1S/C22H20F4N6O2/c1-13(23)16-11-34-20(33)32(16)18-6-9-27-19(29-18)30-21(7-8-21)17-10-31(12-28-17)15-4-2-14(3-5-15)22(24,25)26/h2-6,9-10,12-13,16H,7-8,11H2,1H3,(H,27,29,30)/t13-,16+/m0/s1. The zero-order valence-electron chi connectivity index (χ0n) is 18.0. The molecule has 1 aliphatic carbocycles. The SMILES string of the molecule is C[C@H](F)[C@H]1COC(=O)N1c1ccnc(NC2(c3cn(-c4ccc(C(F)(F)F)cc4)cn3)CC2)n1. The largest absolute Gasteiger partial charge is 0.447 e. The quantitative estimate of drug-likeness (QED) is 0.529. The van der Waals surface area contributed by atoms with E-state index in [2.05, 4.69) is 20.3 Å². The van der Waals surface area contributed by atoms with E-state index < -0.39 is 35.6 Å². The van der Waals surface area contributed by atoms with E-state index in [-0.39, 0.29) is 18.4 Å². The number of cyclic esters (lactones) is 1. The Kier molecular flexibility index (Phi) is 5.18. The Hall–Kier alpha value is -3.70. The molecular formula is C22H20F4N6O2. The van der Waals surface area contributed by atoms with Crippen LogP contribution < -0.4 is 10.2 Å². The lowest BCUT2D eigenvalue weighted by Gasteiger charge is -2.22. The van der Waals surface area contributed by atoms with E-state index in [4.69, 9.17) is 4.74 Å². The van der Waals surface area contributed by atoms with Crippen LogP contribution in [0.4, 0.5) is 34.1 Å². The molecule has 2 atom stereocenters. The van der Waals surface area contributed by atoms with E-state index in [9.17, 15) is 22.4 Å². The number of ether oxygens (including phenoxy) is 1. The van der Waals surface area contributed by atoms with Gasteiger partial charge in [-0.25, -0.2) is 19.2 Å². The molecule has 0 spiro atoms. The molecule has 3 heterocycles. The first-order valence-electron chi connectivity index (χ1n) is 10.6. The fraction of sp³-hybridized carbons (Fsp3) is 0.364. The van der Waals surface area contributed by atoms with Crippen molar-refractivity contribution in [3.05, 3.63) is 60.3 Å². The summed E-state index contributed by atoms with van der Waals surface area (Å²) in [4.78, 5) is 26.3. The minimum atomic E-state index is -4.40. The molecule has 2 aromatic heterocycles. The molecule has 12 heteroatoms. The topological polar surface area (TPSA) is 85.2 Å². The van der Waals surface area contributed by atoms with Crippen LogP contribution in [0.15, 0.2) is 49.1 Å². The van der Waals surface area contributed by atoms with Crippen LogP contribution in [0.25, 0.3) is 5.69 Å². The van der Waals surface area contributed by atoms with Gasteiger partial charge >= 0.3 is 12.3 Å². The Morgan fingerprint density at radius 3 is 2.56 bits per heavy atom. The Morgan fingerprint density at radius 1 is 1.18 bits per heavy atom. The molecule has 3 aromatic rings. The van der Waals surface area contributed by atoms with Gasteiger partial charge in [-0.1, -0.05) is 0 Å². The average molecular weight is 476 g/mol. The number of benzene rings is 1. The van der Waals surface area contributed by atoms with Gasteiger partial charge in [0.2, 0.25) is 5.95 Å². The lowest BCUT2D eigenvalue weighted by Crippen LogP contribution is -2.39. The molecule has 2 aliphatic rings. The maximum atomic E-state index is 13.9. The maximum absolute atomic E-state index is 13.9. The monoisotopic (exact) mass is 476 g/mol. The van der Waals surface area contributed by atoms with Crippen molar-refractivity contribution in [3.8, 4) is 5.69 Å². The van der Waals surface area contributed by atoms with Crippen molar-refractivity contribution in [2.45, 2.75) is 43.7 Å². The second-order valence-electron chi connectivity index (χ2n) is 8.35. The van der Waals surface area contributed by atoms with Crippen molar-refractivity contribution in [1.82, 2.24) is 19.5 Å². The van der Waals surface area contributed by atoms with Crippen molar-refractivity contribution in [3.63, 3.8) is 0 Å². The third-order valence-electron chi connectivity index (χ3n) is 5.99. The molecular weight excluding hydrogens is 456 g/mol. The normalized spacial score (nSPS) is 20.2. The van der Waals surface area contributed by atoms with Gasteiger partial charge in [-0.3, -0.25) is 4.90 Å². The Bertz CT molecular complexity index is 1210. The Morgan fingerprint density at radius 2 is 1.91 bits per heavy atom. The maximum Gasteiger partial charge on any atom is 0.416 e. The highest BCUT2D eigenvalue weighted by atomic mass is 19.4. The number of imidazole rings is 1. The van der Waals surface area contributed by atoms with Gasteiger partial charge in [-0.15, -0.1) is 0 Å². The fourth-order valence-electron chi connectivity index (χ4n) is 3.90. The van der Waals surface area contributed by atoms with Crippen molar-refractivity contribution in [2.24, 2.45) is 0 Å². The minimum absolute atomic E-state index is 0.0609. The Labute approximate surface area is 191 Å². The van der Waals surface area contributed by atoms with Gasteiger partial charge in [0.15, 0.2) is 0 Å². The van der Waals surface area contributed by atoms with Gasteiger partial charge in [-0.05, 0) is 50.1 Å². The van der Waals surface area contributed by atoms with Crippen LogP contribution in [0.1, 0.15) is 31.0 Å². The first kappa shape index (κ1) is 22.1. The summed E-state index contributed by atoms with van der Waals surface area (Å²) in [6.07, 6.45) is -0.162. The highest BCUT2D eigenvalue weighted by molar-refractivity contribution is 5.89. The molecule has 0 unspecified atom stereocenters. The summed E-state index contributed by atoms with van der Waals surface area (Å²) in [5, 5.41) is 3.24. The zero-order valence-corrected chi connectivity index (χ0v) is 18.0. The smallest absolute Gasteiger partial charge is 0.416 e. The van der Waals surface area contributed by atoms with E-state index in [0.717, 1.165) is 25.0 Å². The van der Waals surface area contributed by atoms with Gasteiger partial charge < -0.3 is 14.6 Å². The van der Waals surface area contributed by atoms with Gasteiger partial charge in [0.25, 0.3) is 0 Å². The predicted molar refractivity (Wildman–Crippen MR) is 113 cm³/mol. The van der Waals surface area contributed by atoms with Crippen LogP contribution in [-0.4, -0.2) is 44.4 Å². The molecule has 1 amide bonds. The molecule has 2 fully saturated rings. The fourth-order valence-corrected chi connectivity index (χ4v) is 3.90. The van der Waals surface area contributed by atoms with Crippen LogP contribution in [-0.2, 0) is 16.5 Å². The highest BCUT2D eigenvalue weighted by Gasteiger charge is 2.47. The molecule has 1 aliphatic heterocycles. The highest BCUT2D eigenvalue weighted by Crippen LogP contribution is 2.47. The van der Waals surface area contributed by atoms with Crippen LogP contribution >= 0.6 is 0 Å². The number of anilines is 2. The molecule has 1 N–H and O–H groups in total. The molecule has 178 valence electrons. The number of hydrogen-bond acceptors (Lipinski definition) is 6. The average Bonchev–Trinajstić information content (AvgIpc) is 3.21. The summed E-state index contributed by atoms with van der Waals surface area (Å²) in [6, 6.07) is 5.54. The lowest BCUT2D eigenvalue weighted by atomic mass is 10.2. The molecule has 5 rings (SSSR count). The van der Waals surface area contributed by atoms with Crippen LogP contribution in [0.3, 0.4) is 0 Å². The van der Waals surface area contributed by atoms with Crippen LogP contribution in [0.2, 0.25) is 0 Å². The second-order valence-corrected chi connectivity index (χ2v) is 8.35. The van der Waals surface area contributed by atoms with E-state index in [1.807, 2.05) is 0 Å². The molecule has 1 saturated carbocycles. The molecule has 8 nitrogen and oxygen atoms in total. The molecule has 1 aromatic carbocycles. The van der Waals surface area contributed by atoms with E-state index >= 15 is 0 Å². The summed E-state index contributed by atoms with van der Waals surface area (Å²) in [5.41, 5.74) is -0.0501. The number of hydrogen-bond donors (Lipinski definition) is 1. The Balaban J connectivity index is 1.35. The summed E-state index contributed by atoms with van der Waals surface area (Å²) >= 11 is 0. The van der Waals surface area contributed by atoms with E-state index in [0.29, 0.717) is 11.4 Å². The molecule has 1 saturated heterocycles.